The van der Waals surface area contributed by atoms with Crippen LogP contribution in [0.3, 0.4) is 0 Å². The van der Waals surface area contributed by atoms with Crippen molar-refractivity contribution in [3.63, 3.8) is 0 Å². The van der Waals surface area contributed by atoms with Crippen LogP contribution in [0, 0.1) is 6.92 Å². The summed E-state index contributed by atoms with van der Waals surface area (Å²) < 4.78 is 30.5. The Hall–Kier alpha value is -2.37. The Morgan fingerprint density at radius 2 is 1.72 bits per heavy atom. The minimum absolute atomic E-state index is 0.310. The molecule has 0 saturated carbocycles. The molecule has 128 valence electrons. The number of rotatable bonds is 3. The lowest BCUT2D eigenvalue weighted by atomic mass is 10.0. The van der Waals surface area contributed by atoms with Crippen molar-refractivity contribution in [2.75, 3.05) is 6.54 Å². The van der Waals surface area contributed by atoms with Gasteiger partial charge in [0.05, 0.1) is 10.9 Å². The van der Waals surface area contributed by atoms with Crippen molar-refractivity contribution >= 4 is 10.0 Å². The Morgan fingerprint density at radius 3 is 2.48 bits per heavy atom. The maximum Gasteiger partial charge on any atom is 0.244 e. The fraction of sp³-hybridized carbons (Fsp3) is 0.200. The van der Waals surface area contributed by atoms with Gasteiger partial charge in [-0.15, -0.1) is 0 Å². The number of fused-ring (bicyclic) bond motifs is 1. The standard InChI is InChI=1S/C20H20N2O2S/c1-16-7-5-10-18(15-16)25(23,24)22-14-13-21-12-6-11-19(21)20(22)17-8-3-2-4-9-17/h2-12,15,20H,13-14H2,1H3. The molecule has 25 heavy (non-hydrogen) atoms. The zero-order valence-electron chi connectivity index (χ0n) is 14.0. The molecule has 1 aromatic heterocycles. The van der Waals surface area contributed by atoms with Crippen LogP contribution >= 0.6 is 0 Å². The van der Waals surface area contributed by atoms with Crippen molar-refractivity contribution in [3.8, 4) is 0 Å². The average Bonchev–Trinajstić information content (AvgIpc) is 3.10. The zero-order chi connectivity index (χ0) is 17.4. The molecule has 3 aromatic rings. The van der Waals surface area contributed by atoms with E-state index in [0.29, 0.717) is 18.0 Å². The molecule has 1 unspecified atom stereocenters. The molecule has 5 heteroatoms. The Labute approximate surface area is 148 Å². The van der Waals surface area contributed by atoms with E-state index >= 15 is 0 Å². The molecule has 0 aliphatic carbocycles. The van der Waals surface area contributed by atoms with Gasteiger partial charge in [-0.2, -0.15) is 4.31 Å². The second kappa shape index (κ2) is 6.17. The maximum absolute atomic E-state index is 13.4. The van der Waals surface area contributed by atoms with Crippen LogP contribution in [0.1, 0.15) is 22.9 Å². The number of nitrogens with zero attached hydrogens (tertiary/aromatic N) is 2. The first-order valence-corrected chi connectivity index (χ1v) is 9.80. The molecule has 0 saturated heterocycles. The van der Waals surface area contributed by atoms with E-state index in [1.807, 2.05) is 61.7 Å². The van der Waals surface area contributed by atoms with Gasteiger partial charge in [-0.3, -0.25) is 0 Å². The third kappa shape index (κ3) is 2.79. The van der Waals surface area contributed by atoms with Gasteiger partial charge < -0.3 is 4.57 Å². The summed E-state index contributed by atoms with van der Waals surface area (Å²) in [6.45, 7) is 3.03. The molecule has 1 aliphatic rings. The maximum atomic E-state index is 13.4. The monoisotopic (exact) mass is 352 g/mol. The number of aryl methyl sites for hydroxylation is 1. The van der Waals surface area contributed by atoms with Gasteiger partial charge in [-0.25, -0.2) is 8.42 Å². The topological polar surface area (TPSA) is 42.3 Å². The Bertz CT molecular complexity index is 993. The summed E-state index contributed by atoms with van der Waals surface area (Å²) in [7, 11) is -3.58. The number of sulfonamides is 1. The van der Waals surface area contributed by atoms with E-state index in [4.69, 9.17) is 0 Å². The van der Waals surface area contributed by atoms with Crippen LogP contribution in [0.25, 0.3) is 0 Å². The highest BCUT2D eigenvalue weighted by atomic mass is 32.2. The summed E-state index contributed by atoms with van der Waals surface area (Å²) in [6, 6.07) is 20.6. The van der Waals surface area contributed by atoms with Crippen molar-refractivity contribution in [1.82, 2.24) is 8.87 Å². The average molecular weight is 352 g/mol. The Balaban J connectivity index is 1.86. The summed E-state index contributed by atoms with van der Waals surface area (Å²) >= 11 is 0. The van der Waals surface area contributed by atoms with Crippen LogP contribution in [0.5, 0.6) is 0 Å². The van der Waals surface area contributed by atoms with E-state index in [1.165, 1.54) is 0 Å². The van der Waals surface area contributed by atoms with Gasteiger partial charge >= 0.3 is 0 Å². The highest BCUT2D eigenvalue weighted by molar-refractivity contribution is 7.89. The molecular formula is C20H20N2O2S. The normalized spacial score (nSPS) is 18.0. The lowest BCUT2D eigenvalue weighted by Crippen LogP contribution is -2.42. The van der Waals surface area contributed by atoms with Crippen molar-refractivity contribution in [2.45, 2.75) is 24.4 Å². The van der Waals surface area contributed by atoms with Crippen LogP contribution in [-0.4, -0.2) is 23.8 Å². The Kier molecular flexibility index (Phi) is 3.98. The molecule has 4 rings (SSSR count). The molecule has 0 fully saturated rings. The van der Waals surface area contributed by atoms with E-state index in [2.05, 4.69) is 4.57 Å². The lowest BCUT2D eigenvalue weighted by Gasteiger charge is -2.36. The van der Waals surface area contributed by atoms with E-state index in [0.717, 1.165) is 16.8 Å². The van der Waals surface area contributed by atoms with E-state index in [9.17, 15) is 8.42 Å². The predicted octanol–water partition coefficient (Wildman–Crippen LogP) is 3.59. The summed E-state index contributed by atoms with van der Waals surface area (Å²) in [5.74, 6) is 0. The smallest absolute Gasteiger partial charge is 0.244 e. The summed E-state index contributed by atoms with van der Waals surface area (Å²) in [5, 5.41) is 0. The fourth-order valence-corrected chi connectivity index (χ4v) is 5.19. The first kappa shape index (κ1) is 16.1. The third-order valence-electron chi connectivity index (χ3n) is 4.71. The third-order valence-corrected chi connectivity index (χ3v) is 6.57. The second-order valence-corrected chi connectivity index (χ2v) is 8.26. The van der Waals surface area contributed by atoms with Crippen LogP contribution in [0.2, 0.25) is 0 Å². The molecule has 4 nitrogen and oxygen atoms in total. The predicted molar refractivity (Wildman–Crippen MR) is 97.8 cm³/mol. The van der Waals surface area contributed by atoms with Crippen molar-refractivity contribution in [1.29, 1.82) is 0 Å². The van der Waals surface area contributed by atoms with Crippen LogP contribution in [-0.2, 0) is 16.6 Å². The quantitative estimate of drug-likeness (QED) is 0.723. The van der Waals surface area contributed by atoms with Gasteiger partial charge in [0.15, 0.2) is 0 Å². The first-order valence-electron chi connectivity index (χ1n) is 8.36. The van der Waals surface area contributed by atoms with E-state index in [1.54, 1.807) is 22.5 Å². The van der Waals surface area contributed by atoms with Gasteiger partial charge in [0.2, 0.25) is 10.0 Å². The summed E-state index contributed by atoms with van der Waals surface area (Å²) in [5.41, 5.74) is 2.93. The fourth-order valence-electron chi connectivity index (χ4n) is 3.50. The molecule has 1 atom stereocenters. The van der Waals surface area contributed by atoms with Gasteiger partial charge in [0, 0.05) is 25.0 Å². The molecular weight excluding hydrogens is 332 g/mol. The zero-order valence-corrected chi connectivity index (χ0v) is 14.9. The van der Waals surface area contributed by atoms with Crippen LogP contribution in [0.4, 0.5) is 0 Å². The minimum Gasteiger partial charge on any atom is -0.348 e. The number of hydrogen-bond donors (Lipinski definition) is 0. The molecule has 2 heterocycles. The first-order chi connectivity index (χ1) is 12.1. The van der Waals surface area contributed by atoms with Crippen molar-refractivity contribution in [3.05, 3.63) is 89.7 Å². The minimum atomic E-state index is -3.58. The molecule has 2 aromatic carbocycles. The number of benzene rings is 2. The molecule has 0 spiro atoms. The lowest BCUT2D eigenvalue weighted by molar-refractivity contribution is 0.298. The van der Waals surface area contributed by atoms with E-state index in [-0.39, 0.29) is 6.04 Å². The van der Waals surface area contributed by atoms with Crippen LogP contribution < -0.4 is 0 Å². The number of hydrogen-bond acceptors (Lipinski definition) is 2. The van der Waals surface area contributed by atoms with Crippen LogP contribution in [0.15, 0.2) is 77.8 Å². The SMILES string of the molecule is Cc1cccc(S(=O)(=O)N2CCn3cccc3C2c2ccccc2)c1. The molecule has 1 aliphatic heterocycles. The summed E-state index contributed by atoms with van der Waals surface area (Å²) in [4.78, 5) is 0.355. The molecule has 0 N–H and O–H groups in total. The van der Waals surface area contributed by atoms with Crippen molar-refractivity contribution < 1.29 is 8.42 Å². The second-order valence-electron chi connectivity index (χ2n) is 6.37. The van der Waals surface area contributed by atoms with Crippen molar-refractivity contribution in [2.24, 2.45) is 0 Å². The van der Waals surface area contributed by atoms with Gasteiger partial charge in [0.25, 0.3) is 0 Å². The van der Waals surface area contributed by atoms with Gasteiger partial charge in [-0.1, -0.05) is 42.5 Å². The summed E-state index contributed by atoms with van der Waals surface area (Å²) in [6.07, 6.45) is 2.02. The highest BCUT2D eigenvalue weighted by Crippen LogP contribution is 2.36. The Morgan fingerprint density at radius 1 is 0.920 bits per heavy atom. The molecule has 0 amide bonds. The van der Waals surface area contributed by atoms with E-state index < -0.39 is 10.0 Å². The molecule has 0 bridgehead atoms. The van der Waals surface area contributed by atoms with Gasteiger partial charge in [0.1, 0.15) is 0 Å². The van der Waals surface area contributed by atoms with Gasteiger partial charge in [-0.05, 0) is 42.3 Å². The highest BCUT2D eigenvalue weighted by Gasteiger charge is 2.37. The number of aromatic nitrogens is 1. The largest absolute Gasteiger partial charge is 0.348 e. The molecule has 0 radical (unpaired) electrons.